The van der Waals surface area contributed by atoms with Crippen molar-refractivity contribution in [2.24, 2.45) is 0 Å². The molecule has 0 aromatic carbocycles. The summed E-state index contributed by atoms with van der Waals surface area (Å²) in [5.74, 6) is 0. The SMILES string of the molecule is C#[C][In]([C]#C)[C]#C. The molecule has 0 saturated carbocycles. The van der Waals surface area contributed by atoms with Crippen molar-refractivity contribution in [1.82, 2.24) is 0 Å². The Morgan fingerprint density at radius 3 is 1.14 bits per heavy atom. The molecular formula is C6H3In. The first-order chi connectivity index (χ1) is 3.35. The molecule has 0 spiro atoms. The summed E-state index contributed by atoms with van der Waals surface area (Å²) in [6, 6.07) is 0. The standard InChI is InChI=1S/3C2H.In/c3*1-2;/h3*1H;. The zero-order chi connectivity index (χ0) is 5.70. The zero-order valence-corrected chi connectivity index (χ0v) is 7.11. The molecule has 0 rings (SSSR count). The molecule has 0 saturated heterocycles. The molecule has 0 bridgehead atoms. The van der Waals surface area contributed by atoms with Crippen LogP contribution in [-0.2, 0) is 0 Å². The summed E-state index contributed by atoms with van der Waals surface area (Å²) in [4.78, 5) is 0. The average molecular weight is 190 g/mol. The summed E-state index contributed by atoms with van der Waals surface area (Å²) in [6.07, 6.45) is 14.9. The molecule has 0 amide bonds. The fourth-order valence-electron chi connectivity index (χ4n) is 0.144. The van der Waals surface area contributed by atoms with Gasteiger partial charge in [0.05, 0.1) is 0 Å². The monoisotopic (exact) mass is 190 g/mol. The third-order valence-corrected chi connectivity index (χ3v) is 3.35. The Morgan fingerprint density at radius 2 is 1.14 bits per heavy atom. The Balaban J connectivity index is 3.82. The van der Waals surface area contributed by atoms with Crippen LogP contribution >= 0.6 is 0 Å². The molecule has 0 nitrogen and oxygen atoms in total. The average Bonchev–Trinajstić information content (AvgIpc) is 1.72. The van der Waals surface area contributed by atoms with Crippen molar-refractivity contribution < 1.29 is 0 Å². The molecular weight excluding hydrogens is 187 g/mol. The van der Waals surface area contributed by atoms with Crippen molar-refractivity contribution in [3.63, 3.8) is 0 Å². The summed E-state index contributed by atoms with van der Waals surface area (Å²) < 4.78 is 7.32. The van der Waals surface area contributed by atoms with Crippen LogP contribution in [0.3, 0.4) is 0 Å². The van der Waals surface area contributed by atoms with E-state index in [-0.39, 0.29) is 0 Å². The quantitative estimate of drug-likeness (QED) is 0.471. The van der Waals surface area contributed by atoms with E-state index < -0.39 is 21.4 Å². The second-order valence-corrected chi connectivity index (χ2v) is 6.26. The number of hydrogen-bond donors (Lipinski definition) is 0. The van der Waals surface area contributed by atoms with E-state index in [1.807, 2.05) is 0 Å². The summed E-state index contributed by atoms with van der Waals surface area (Å²) in [5.41, 5.74) is 0. The van der Waals surface area contributed by atoms with Gasteiger partial charge in [-0.2, -0.15) is 0 Å². The van der Waals surface area contributed by atoms with E-state index in [4.69, 9.17) is 19.3 Å². The molecule has 0 aliphatic heterocycles. The Labute approximate surface area is 51.8 Å². The summed E-state index contributed by atoms with van der Waals surface area (Å²) >= 11 is -2.18. The van der Waals surface area contributed by atoms with Crippen LogP contribution in [0.25, 0.3) is 0 Å². The van der Waals surface area contributed by atoms with Gasteiger partial charge in [0.2, 0.25) is 0 Å². The van der Waals surface area contributed by atoms with Crippen molar-refractivity contribution in [2.45, 2.75) is 0 Å². The molecule has 0 radical (unpaired) electrons. The first kappa shape index (κ1) is 6.55. The van der Waals surface area contributed by atoms with Gasteiger partial charge < -0.3 is 0 Å². The third-order valence-electron chi connectivity index (χ3n) is 0.500. The minimum absolute atomic E-state index is 2.18. The Morgan fingerprint density at radius 1 is 0.857 bits per heavy atom. The van der Waals surface area contributed by atoms with E-state index in [2.05, 4.69) is 11.0 Å². The van der Waals surface area contributed by atoms with Gasteiger partial charge in [-0.15, -0.1) is 0 Å². The van der Waals surface area contributed by atoms with Crippen molar-refractivity contribution in [3.05, 3.63) is 0 Å². The number of rotatable bonds is 0. The molecule has 0 aromatic rings. The molecule has 0 N–H and O–H groups in total. The Hall–Kier alpha value is -0.450. The van der Waals surface area contributed by atoms with E-state index in [9.17, 15) is 0 Å². The van der Waals surface area contributed by atoms with Gasteiger partial charge in [-0.25, -0.2) is 0 Å². The first-order valence-electron chi connectivity index (χ1n) is 1.73. The van der Waals surface area contributed by atoms with Crippen molar-refractivity contribution >= 4 is 21.4 Å². The maximum absolute atomic E-state index is 4.95. The van der Waals surface area contributed by atoms with Crippen LogP contribution in [0.4, 0.5) is 0 Å². The molecule has 0 aromatic heterocycles. The number of hydrogen-bond acceptors (Lipinski definition) is 0. The van der Waals surface area contributed by atoms with Crippen LogP contribution in [-0.4, -0.2) is 21.4 Å². The van der Waals surface area contributed by atoms with Crippen molar-refractivity contribution in [3.8, 4) is 30.3 Å². The first-order valence-corrected chi connectivity index (χ1v) is 6.68. The van der Waals surface area contributed by atoms with E-state index in [0.717, 1.165) is 0 Å². The van der Waals surface area contributed by atoms with Crippen LogP contribution in [0, 0.1) is 30.3 Å². The van der Waals surface area contributed by atoms with Crippen LogP contribution in [0.2, 0.25) is 0 Å². The summed E-state index contributed by atoms with van der Waals surface area (Å²) in [6.45, 7) is 0. The third kappa shape index (κ3) is 2.27. The second-order valence-electron chi connectivity index (χ2n) is 0.933. The Bertz CT molecular complexity index is 127. The molecule has 0 heterocycles. The van der Waals surface area contributed by atoms with Crippen molar-refractivity contribution in [1.29, 1.82) is 0 Å². The van der Waals surface area contributed by atoms with Crippen LogP contribution < -0.4 is 0 Å². The van der Waals surface area contributed by atoms with Gasteiger partial charge in [0.25, 0.3) is 0 Å². The van der Waals surface area contributed by atoms with Gasteiger partial charge in [-0.1, -0.05) is 0 Å². The molecule has 0 aliphatic rings. The van der Waals surface area contributed by atoms with E-state index in [1.54, 1.807) is 0 Å². The van der Waals surface area contributed by atoms with Gasteiger partial charge in [0.1, 0.15) is 0 Å². The van der Waals surface area contributed by atoms with Gasteiger partial charge in [-0.05, 0) is 0 Å². The topological polar surface area (TPSA) is 0 Å². The second kappa shape index (κ2) is 3.73. The predicted molar refractivity (Wildman–Crippen MR) is 32.3 cm³/mol. The predicted octanol–water partition coefficient (Wildman–Crippen LogP) is -0.00160. The van der Waals surface area contributed by atoms with Gasteiger partial charge in [0, 0.05) is 0 Å². The van der Waals surface area contributed by atoms with E-state index >= 15 is 0 Å². The molecule has 0 unspecified atom stereocenters. The van der Waals surface area contributed by atoms with Crippen LogP contribution in [0.15, 0.2) is 0 Å². The fraction of sp³-hybridized carbons (Fsp3) is 0. The fourth-order valence-corrected chi connectivity index (χ4v) is 0.968. The van der Waals surface area contributed by atoms with Gasteiger partial charge in [-0.3, -0.25) is 0 Å². The summed E-state index contributed by atoms with van der Waals surface area (Å²) in [7, 11) is 0. The van der Waals surface area contributed by atoms with Crippen molar-refractivity contribution in [2.75, 3.05) is 0 Å². The van der Waals surface area contributed by atoms with E-state index in [0.29, 0.717) is 0 Å². The zero-order valence-electron chi connectivity index (χ0n) is 3.81. The molecule has 30 valence electrons. The van der Waals surface area contributed by atoms with Crippen LogP contribution in [0.5, 0.6) is 0 Å². The molecule has 1 heteroatoms. The molecule has 0 atom stereocenters. The summed E-state index contributed by atoms with van der Waals surface area (Å²) in [5, 5.41) is 0. The molecule has 0 fully saturated rings. The molecule has 7 heavy (non-hydrogen) atoms. The maximum atomic E-state index is 4.95. The van der Waals surface area contributed by atoms with Crippen LogP contribution in [0.1, 0.15) is 0 Å². The van der Waals surface area contributed by atoms with Gasteiger partial charge in [0.15, 0.2) is 0 Å². The van der Waals surface area contributed by atoms with Gasteiger partial charge >= 0.3 is 51.7 Å². The normalized spacial score (nSPS) is 4.71. The number of terminal acetylenes is 3. The van der Waals surface area contributed by atoms with E-state index in [1.165, 1.54) is 0 Å². The Kier molecular flexibility index (Phi) is 3.49. The molecule has 0 aliphatic carbocycles. The minimum atomic E-state index is -2.18.